The number of hydrogen-bond acceptors (Lipinski definition) is 2. The Labute approximate surface area is 140 Å². The Morgan fingerprint density at radius 3 is 2.71 bits per heavy atom. The van der Waals surface area contributed by atoms with E-state index in [1.54, 1.807) is 6.92 Å². The average molecular weight is 325 g/mol. The minimum absolute atomic E-state index is 0.0749. The van der Waals surface area contributed by atoms with E-state index in [0.717, 1.165) is 18.7 Å². The maximum absolute atomic E-state index is 14.3. The largest absolute Gasteiger partial charge is 0.330 e. The van der Waals surface area contributed by atoms with Gasteiger partial charge in [0.15, 0.2) is 11.4 Å². The first kappa shape index (κ1) is 15.1. The van der Waals surface area contributed by atoms with E-state index in [2.05, 4.69) is 23.8 Å². The van der Waals surface area contributed by atoms with Crippen LogP contribution in [0.5, 0.6) is 0 Å². The molecule has 3 heterocycles. The van der Waals surface area contributed by atoms with Crippen LogP contribution in [0.25, 0.3) is 0 Å². The van der Waals surface area contributed by atoms with Crippen molar-refractivity contribution in [2.75, 3.05) is 13.1 Å². The minimum Gasteiger partial charge on any atom is -0.330 e. The molecule has 4 rings (SSSR count). The quantitative estimate of drug-likeness (QED) is 0.813. The molecule has 124 valence electrons. The fourth-order valence-corrected chi connectivity index (χ4v) is 3.55. The highest BCUT2D eigenvalue weighted by atomic mass is 19.1. The first-order valence-electron chi connectivity index (χ1n) is 8.25. The fraction of sp³-hybridized carbons (Fsp3) is 0.368. The van der Waals surface area contributed by atoms with Crippen LogP contribution >= 0.6 is 0 Å². The number of halogens is 1. The van der Waals surface area contributed by atoms with Crippen molar-refractivity contribution in [2.45, 2.75) is 31.5 Å². The maximum atomic E-state index is 14.3. The molecule has 1 aromatic carbocycles. The molecule has 4 nitrogen and oxygen atoms in total. The summed E-state index contributed by atoms with van der Waals surface area (Å²) in [6.45, 7) is 6.29. The highest BCUT2D eigenvalue weighted by Crippen LogP contribution is 2.36. The van der Waals surface area contributed by atoms with Gasteiger partial charge in [-0.25, -0.2) is 4.39 Å². The van der Waals surface area contributed by atoms with E-state index in [1.807, 2.05) is 28.9 Å². The number of aromatic nitrogens is 2. The topological polar surface area (TPSA) is 38.1 Å². The molecule has 0 spiro atoms. The first-order chi connectivity index (χ1) is 11.5. The third-order valence-corrected chi connectivity index (χ3v) is 5.15. The van der Waals surface area contributed by atoms with E-state index >= 15 is 0 Å². The smallest absolute Gasteiger partial charge is 0.274 e. The number of amides is 1. The normalized spacial score (nSPS) is 21.2. The van der Waals surface area contributed by atoms with E-state index < -0.39 is 5.67 Å². The Bertz CT molecular complexity index is 805. The second-order valence-electron chi connectivity index (χ2n) is 6.84. The molecule has 0 N–H and O–H groups in total. The molecule has 1 amide bonds. The SMILES string of the molecule is C=C(C)C1(F)CN(C(=O)c2cc3n(n2)CC[C@@H]3c2ccccc2)C1. The predicted molar refractivity (Wildman–Crippen MR) is 89.7 cm³/mol. The molecule has 2 aromatic rings. The van der Waals surface area contributed by atoms with Gasteiger partial charge < -0.3 is 4.90 Å². The number of fused-ring (bicyclic) bond motifs is 1. The number of likely N-dealkylation sites (tertiary alicyclic amines) is 1. The van der Waals surface area contributed by atoms with Crippen molar-refractivity contribution in [3.8, 4) is 0 Å². The average Bonchev–Trinajstić information content (AvgIpc) is 3.12. The Morgan fingerprint density at radius 1 is 1.33 bits per heavy atom. The van der Waals surface area contributed by atoms with Crippen LogP contribution in [-0.4, -0.2) is 39.3 Å². The van der Waals surface area contributed by atoms with E-state index in [9.17, 15) is 9.18 Å². The highest BCUT2D eigenvalue weighted by Gasteiger charge is 2.47. The van der Waals surface area contributed by atoms with Crippen molar-refractivity contribution in [1.82, 2.24) is 14.7 Å². The van der Waals surface area contributed by atoms with Crippen LogP contribution in [0.4, 0.5) is 4.39 Å². The summed E-state index contributed by atoms with van der Waals surface area (Å²) in [4.78, 5) is 14.0. The second-order valence-corrected chi connectivity index (χ2v) is 6.84. The molecule has 0 unspecified atom stereocenters. The van der Waals surface area contributed by atoms with Gasteiger partial charge in [-0.2, -0.15) is 5.10 Å². The lowest BCUT2D eigenvalue weighted by Gasteiger charge is -2.44. The monoisotopic (exact) mass is 325 g/mol. The van der Waals surface area contributed by atoms with Gasteiger partial charge in [-0.05, 0) is 30.5 Å². The summed E-state index contributed by atoms with van der Waals surface area (Å²) in [5.74, 6) is 0.0746. The molecule has 2 aliphatic heterocycles. The zero-order valence-electron chi connectivity index (χ0n) is 13.7. The number of carbonyl (C=O) groups is 1. The van der Waals surface area contributed by atoms with Crippen LogP contribution in [0.2, 0.25) is 0 Å². The van der Waals surface area contributed by atoms with Crippen LogP contribution in [0.1, 0.15) is 41.0 Å². The van der Waals surface area contributed by atoms with E-state index in [-0.39, 0.29) is 24.9 Å². The summed E-state index contributed by atoms with van der Waals surface area (Å²) >= 11 is 0. The molecule has 1 saturated heterocycles. The molecule has 24 heavy (non-hydrogen) atoms. The number of hydrogen-bond donors (Lipinski definition) is 0. The predicted octanol–water partition coefficient (Wildman–Crippen LogP) is 3.16. The standard InChI is InChI=1S/C19H20FN3O/c1-13(2)19(20)11-22(12-19)18(24)16-10-17-15(8-9-23(17)21-16)14-6-4-3-5-7-14/h3-7,10,15H,1,8-9,11-12H2,2H3/t15-/m1/s1. The van der Waals surface area contributed by atoms with Crippen LogP contribution in [0, 0.1) is 0 Å². The van der Waals surface area contributed by atoms with E-state index in [0.29, 0.717) is 11.3 Å². The van der Waals surface area contributed by atoms with Gasteiger partial charge in [0.1, 0.15) is 0 Å². The first-order valence-corrected chi connectivity index (χ1v) is 8.25. The summed E-state index contributed by atoms with van der Waals surface area (Å²) < 4.78 is 16.2. The molecule has 0 bridgehead atoms. The Kier molecular flexibility index (Phi) is 3.34. The highest BCUT2D eigenvalue weighted by molar-refractivity contribution is 5.93. The molecule has 2 aliphatic rings. The Balaban J connectivity index is 1.54. The van der Waals surface area contributed by atoms with Crippen LogP contribution in [0.3, 0.4) is 0 Å². The molecule has 1 atom stereocenters. The minimum atomic E-state index is -1.44. The summed E-state index contributed by atoms with van der Waals surface area (Å²) in [6.07, 6.45) is 0.994. The number of nitrogens with zero attached hydrogens (tertiary/aromatic N) is 3. The summed E-state index contributed by atoms with van der Waals surface area (Å²) in [5, 5.41) is 4.44. The van der Waals surface area contributed by atoms with Crippen LogP contribution in [0.15, 0.2) is 48.6 Å². The Morgan fingerprint density at radius 2 is 2.04 bits per heavy atom. The summed E-state index contributed by atoms with van der Waals surface area (Å²) in [6, 6.07) is 12.1. The lowest BCUT2D eigenvalue weighted by Crippen LogP contribution is -2.61. The molecule has 5 heteroatoms. The molecular weight excluding hydrogens is 305 g/mol. The number of alkyl halides is 1. The molecule has 0 aliphatic carbocycles. The molecule has 1 fully saturated rings. The van der Waals surface area contributed by atoms with Crippen molar-refractivity contribution in [2.24, 2.45) is 0 Å². The molecule has 1 aromatic heterocycles. The third-order valence-electron chi connectivity index (χ3n) is 5.15. The number of benzene rings is 1. The molecule has 0 saturated carbocycles. The van der Waals surface area contributed by atoms with E-state index in [1.165, 1.54) is 10.5 Å². The third kappa shape index (κ3) is 2.27. The summed E-state index contributed by atoms with van der Waals surface area (Å²) in [7, 11) is 0. The van der Waals surface area contributed by atoms with Crippen molar-refractivity contribution >= 4 is 5.91 Å². The van der Waals surface area contributed by atoms with Crippen molar-refractivity contribution in [3.63, 3.8) is 0 Å². The second kappa shape index (κ2) is 5.30. The van der Waals surface area contributed by atoms with Gasteiger partial charge in [0.25, 0.3) is 5.91 Å². The van der Waals surface area contributed by atoms with Gasteiger partial charge >= 0.3 is 0 Å². The van der Waals surface area contributed by atoms with Gasteiger partial charge in [-0.1, -0.05) is 36.9 Å². The van der Waals surface area contributed by atoms with Crippen molar-refractivity contribution < 1.29 is 9.18 Å². The maximum Gasteiger partial charge on any atom is 0.274 e. The lowest BCUT2D eigenvalue weighted by atomic mass is 9.89. The zero-order valence-corrected chi connectivity index (χ0v) is 13.7. The van der Waals surface area contributed by atoms with E-state index in [4.69, 9.17) is 0 Å². The number of rotatable bonds is 3. The molecular formula is C19H20FN3O. The number of carbonyl (C=O) groups excluding carboxylic acids is 1. The van der Waals surface area contributed by atoms with Gasteiger partial charge in [0.2, 0.25) is 0 Å². The van der Waals surface area contributed by atoms with Crippen molar-refractivity contribution in [3.05, 3.63) is 65.5 Å². The molecule has 0 radical (unpaired) electrons. The van der Waals surface area contributed by atoms with Gasteiger partial charge in [0.05, 0.1) is 13.1 Å². The van der Waals surface area contributed by atoms with Gasteiger partial charge in [0, 0.05) is 18.2 Å². The fourth-order valence-electron chi connectivity index (χ4n) is 3.55. The van der Waals surface area contributed by atoms with Gasteiger partial charge in [-0.15, -0.1) is 0 Å². The zero-order chi connectivity index (χ0) is 16.9. The number of aryl methyl sites for hydroxylation is 1. The van der Waals surface area contributed by atoms with Gasteiger partial charge in [-0.3, -0.25) is 9.48 Å². The summed E-state index contributed by atoms with van der Waals surface area (Å²) in [5.41, 5.74) is 1.75. The van der Waals surface area contributed by atoms with Crippen LogP contribution in [-0.2, 0) is 6.54 Å². The van der Waals surface area contributed by atoms with Crippen LogP contribution < -0.4 is 0 Å². The van der Waals surface area contributed by atoms with Crippen molar-refractivity contribution in [1.29, 1.82) is 0 Å². The lowest BCUT2D eigenvalue weighted by molar-refractivity contribution is 0.00217. The Hall–Kier alpha value is -2.43.